The van der Waals surface area contributed by atoms with Gasteiger partial charge in [0.05, 0.1) is 23.6 Å². The highest BCUT2D eigenvalue weighted by molar-refractivity contribution is 7.89. The van der Waals surface area contributed by atoms with Gasteiger partial charge in [0.2, 0.25) is 15.9 Å². The van der Waals surface area contributed by atoms with Crippen molar-refractivity contribution >= 4 is 33.2 Å². The fourth-order valence-electron chi connectivity index (χ4n) is 3.60. The van der Waals surface area contributed by atoms with Gasteiger partial charge >= 0.3 is 0 Å². The summed E-state index contributed by atoms with van der Waals surface area (Å²) in [6.45, 7) is -0.339. The maximum Gasteiger partial charge on any atom is 0.243 e. The molecule has 6 nitrogen and oxygen atoms in total. The number of ether oxygens (including phenoxy) is 1. The largest absolute Gasteiger partial charge is 0.495 e. The van der Waals surface area contributed by atoms with E-state index >= 15 is 0 Å². The summed E-state index contributed by atoms with van der Waals surface area (Å²) >= 11 is 6.13. The highest BCUT2D eigenvalue weighted by Gasteiger charge is 2.34. The second kappa shape index (κ2) is 9.76. The lowest BCUT2D eigenvalue weighted by Crippen LogP contribution is -2.45. The van der Waals surface area contributed by atoms with E-state index < -0.39 is 21.7 Å². The monoisotopic (exact) mass is 454 g/mol. The predicted molar refractivity (Wildman–Crippen MR) is 114 cm³/mol. The first-order valence-corrected chi connectivity index (χ1v) is 11.5. The van der Waals surface area contributed by atoms with E-state index in [9.17, 15) is 17.6 Å². The van der Waals surface area contributed by atoms with Crippen LogP contribution in [0, 0.1) is 5.82 Å². The zero-order valence-corrected chi connectivity index (χ0v) is 18.2. The number of rotatable bonds is 7. The molecule has 9 heteroatoms. The van der Waals surface area contributed by atoms with E-state index in [1.165, 1.54) is 53.9 Å². The summed E-state index contributed by atoms with van der Waals surface area (Å²) in [5.41, 5.74) is 0.398. The minimum atomic E-state index is -3.97. The van der Waals surface area contributed by atoms with Crippen LogP contribution < -0.4 is 10.1 Å². The highest BCUT2D eigenvalue weighted by Crippen LogP contribution is 2.31. The summed E-state index contributed by atoms with van der Waals surface area (Å²) in [6.07, 6.45) is 4.22. The van der Waals surface area contributed by atoms with Crippen LogP contribution in [-0.4, -0.2) is 38.3 Å². The molecular weight excluding hydrogens is 431 g/mol. The van der Waals surface area contributed by atoms with Gasteiger partial charge in [-0.2, -0.15) is 4.31 Å². The number of nitrogens with one attached hydrogen (secondary N) is 1. The lowest BCUT2D eigenvalue weighted by atomic mass is 9.95. The van der Waals surface area contributed by atoms with Crippen LogP contribution in [0.3, 0.4) is 0 Å². The number of nitrogens with zero attached hydrogens (tertiary/aromatic N) is 1. The molecule has 0 heterocycles. The molecule has 3 rings (SSSR count). The van der Waals surface area contributed by atoms with Gasteiger partial charge in [0, 0.05) is 11.7 Å². The smallest absolute Gasteiger partial charge is 0.243 e. The van der Waals surface area contributed by atoms with Gasteiger partial charge in [0.1, 0.15) is 11.6 Å². The van der Waals surface area contributed by atoms with E-state index in [0.717, 1.165) is 19.3 Å². The number of sulfonamides is 1. The lowest BCUT2D eigenvalue weighted by Gasteiger charge is -2.33. The molecule has 0 unspecified atom stereocenters. The standard InChI is InChI=1S/C21H24ClFN2O4S/c1-29-20-12-11-18(13-19(20)22)30(27,28)25(17-5-3-2-4-6-17)14-21(26)24-16-9-7-15(23)8-10-16/h7-13,17H,2-6,14H2,1H3,(H,24,26). The van der Waals surface area contributed by atoms with Crippen molar-refractivity contribution in [2.24, 2.45) is 0 Å². The van der Waals surface area contributed by atoms with E-state index in [1.807, 2.05) is 0 Å². The number of carbonyl (C=O) groups is 1. The second-order valence-electron chi connectivity index (χ2n) is 7.19. The van der Waals surface area contributed by atoms with Crippen LogP contribution in [0.25, 0.3) is 0 Å². The van der Waals surface area contributed by atoms with Crippen molar-refractivity contribution in [3.8, 4) is 5.75 Å². The molecule has 0 atom stereocenters. The number of benzene rings is 2. The molecule has 1 aliphatic rings. The minimum absolute atomic E-state index is 0.00783. The third-order valence-electron chi connectivity index (χ3n) is 5.14. The molecule has 2 aromatic carbocycles. The number of methoxy groups -OCH3 is 1. The molecule has 1 fully saturated rings. The van der Waals surface area contributed by atoms with Gasteiger partial charge in [-0.25, -0.2) is 12.8 Å². The van der Waals surface area contributed by atoms with E-state index in [4.69, 9.17) is 16.3 Å². The maximum absolute atomic E-state index is 13.4. The number of hydrogen-bond acceptors (Lipinski definition) is 4. The summed E-state index contributed by atoms with van der Waals surface area (Å²) in [7, 11) is -2.52. The zero-order chi connectivity index (χ0) is 21.7. The summed E-state index contributed by atoms with van der Waals surface area (Å²) in [6, 6.07) is 9.29. The number of amides is 1. The van der Waals surface area contributed by atoms with Crippen LogP contribution in [0.2, 0.25) is 5.02 Å². The molecular formula is C21H24ClFN2O4S. The third kappa shape index (κ3) is 5.30. The normalized spacial score (nSPS) is 15.2. The first-order chi connectivity index (χ1) is 14.3. The maximum atomic E-state index is 13.4. The first-order valence-electron chi connectivity index (χ1n) is 9.72. The minimum Gasteiger partial charge on any atom is -0.495 e. The predicted octanol–water partition coefficient (Wildman–Crippen LogP) is 4.45. The van der Waals surface area contributed by atoms with Crippen LogP contribution >= 0.6 is 11.6 Å². The summed E-state index contributed by atoms with van der Waals surface area (Å²) in [5.74, 6) is -0.542. The molecule has 0 saturated heterocycles. The Bertz CT molecular complexity index is 993. The second-order valence-corrected chi connectivity index (χ2v) is 9.49. The first kappa shape index (κ1) is 22.5. The van der Waals surface area contributed by atoms with Gasteiger partial charge in [-0.05, 0) is 55.3 Å². The Labute approximate surface area is 181 Å². The molecule has 0 aliphatic heterocycles. The molecule has 30 heavy (non-hydrogen) atoms. The van der Waals surface area contributed by atoms with Crippen LogP contribution in [0.15, 0.2) is 47.4 Å². The van der Waals surface area contributed by atoms with Crippen molar-refractivity contribution in [1.82, 2.24) is 4.31 Å². The summed E-state index contributed by atoms with van der Waals surface area (Å²) in [5, 5.41) is 2.81. The van der Waals surface area contributed by atoms with E-state index in [-0.39, 0.29) is 22.5 Å². The lowest BCUT2D eigenvalue weighted by molar-refractivity contribution is -0.116. The third-order valence-corrected chi connectivity index (χ3v) is 7.33. The van der Waals surface area contributed by atoms with Crippen LogP contribution in [-0.2, 0) is 14.8 Å². The van der Waals surface area contributed by atoms with Crippen molar-refractivity contribution in [2.45, 2.75) is 43.0 Å². The number of anilines is 1. The van der Waals surface area contributed by atoms with E-state index in [1.54, 1.807) is 0 Å². The van der Waals surface area contributed by atoms with E-state index in [2.05, 4.69) is 5.32 Å². The molecule has 162 valence electrons. The van der Waals surface area contributed by atoms with Gasteiger partial charge in [-0.3, -0.25) is 4.79 Å². The molecule has 2 aromatic rings. The van der Waals surface area contributed by atoms with Crippen molar-refractivity contribution in [1.29, 1.82) is 0 Å². The molecule has 1 amide bonds. The van der Waals surface area contributed by atoms with Gasteiger partial charge in [0.25, 0.3) is 0 Å². The van der Waals surface area contributed by atoms with Gasteiger partial charge in [-0.1, -0.05) is 30.9 Å². The summed E-state index contributed by atoms with van der Waals surface area (Å²) < 4.78 is 46.3. The number of carbonyl (C=O) groups excluding carboxylic acids is 1. The Balaban J connectivity index is 1.86. The topological polar surface area (TPSA) is 75.7 Å². The molecule has 0 aromatic heterocycles. The van der Waals surface area contributed by atoms with E-state index in [0.29, 0.717) is 24.3 Å². The SMILES string of the molecule is COc1ccc(S(=O)(=O)N(CC(=O)Nc2ccc(F)cc2)C2CCCCC2)cc1Cl. The van der Waals surface area contributed by atoms with Gasteiger partial charge < -0.3 is 10.1 Å². The van der Waals surface area contributed by atoms with Crippen molar-refractivity contribution in [2.75, 3.05) is 19.0 Å². The molecule has 0 spiro atoms. The average Bonchev–Trinajstić information content (AvgIpc) is 2.74. The van der Waals surface area contributed by atoms with Gasteiger partial charge in [-0.15, -0.1) is 0 Å². The number of hydrogen-bond donors (Lipinski definition) is 1. The Morgan fingerprint density at radius 2 is 1.83 bits per heavy atom. The molecule has 1 N–H and O–H groups in total. The fraction of sp³-hybridized carbons (Fsp3) is 0.381. The zero-order valence-electron chi connectivity index (χ0n) is 16.6. The number of halogens is 2. The Hall–Kier alpha value is -2.16. The molecule has 1 saturated carbocycles. The fourth-order valence-corrected chi connectivity index (χ4v) is 5.59. The Morgan fingerprint density at radius 1 is 1.17 bits per heavy atom. The van der Waals surface area contributed by atoms with Crippen LogP contribution in [0.1, 0.15) is 32.1 Å². The average molecular weight is 455 g/mol. The molecule has 0 radical (unpaired) electrons. The molecule has 1 aliphatic carbocycles. The van der Waals surface area contributed by atoms with Crippen molar-refractivity contribution in [3.05, 3.63) is 53.3 Å². The van der Waals surface area contributed by atoms with Crippen LogP contribution in [0.5, 0.6) is 5.75 Å². The van der Waals surface area contributed by atoms with Gasteiger partial charge in [0.15, 0.2) is 0 Å². The van der Waals surface area contributed by atoms with Crippen molar-refractivity contribution < 1.29 is 22.3 Å². The summed E-state index contributed by atoms with van der Waals surface area (Å²) in [4.78, 5) is 12.6. The molecule has 0 bridgehead atoms. The quantitative estimate of drug-likeness (QED) is 0.670. The Morgan fingerprint density at radius 3 is 2.43 bits per heavy atom. The highest BCUT2D eigenvalue weighted by atomic mass is 35.5. The Kier molecular flexibility index (Phi) is 7.33. The van der Waals surface area contributed by atoms with Crippen molar-refractivity contribution in [3.63, 3.8) is 0 Å². The van der Waals surface area contributed by atoms with Crippen LogP contribution in [0.4, 0.5) is 10.1 Å².